The summed E-state index contributed by atoms with van der Waals surface area (Å²) in [5.41, 5.74) is 1.17. The molecule has 0 fully saturated rings. The Kier molecular flexibility index (Phi) is 5.69. The van der Waals surface area contributed by atoms with Crippen LogP contribution in [0.3, 0.4) is 0 Å². The van der Waals surface area contributed by atoms with Crippen LogP contribution in [-0.4, -0.2) is 25.5 Å². The molecule has 0 aliphatic heterocycles. The van der Waals surface area contributed by atoms with Gasteiger partial charge in [0.1, 0.15) is 11.3 Å². The molecule has 4 heteroatoms. The average molecular weight is 310 g/mol. The van der Waals surface area contributed by atoms with Crippen molar-refractivity contribution in [1.29, 1.82) is 0 Å². The predicted octanol–water partition coefficient (Wildman–Crippen LogP) is 3.52. The molecule has 0 aliphatic rings. The van der Waals surface area contributed by atoms with E-state index in [1.54, 1.807) is 62.6 Å². The Bertz CT molecular complexity index is 700. The number of Topliss-reactive ketones (excluding diaryl/α,β-unsaturated/α-hetero) is 1. The second kappa shape index (κ2) is 7.94. The van der Waals surface area contributed by atoms with E-state index in [9.17, 15) is 9.59 Å². The van der Waals surface area contributed by atoms with Gasteiger partial charge in [0.25, 0.3) is 0 Å². The average Bonchev–Trinajstić information content (AvgIpc) is 2.60. The Morgan fingerprint density at radius 1 is 1.00 bits per heavy atom. The van der Waals surface area contributed by atoms with Crippen molar-refractivity contribution in [1.82, 2.24) is 0 Å². The zero-order valence-electron chi connectivity index (χ0n) is 13.1. The number of benzene rings is 2. The smallest absolute Gasteiger partial charge is 0.342 e. The van der Waals surface area contributed by atoms with Gasteiger partial charge in [-0.2, -0.15) is 0 Å². The first-order valence-electron chi connectivity index (χ1n) is 7.28. The van der Waals surface area contributed by atoms with E-state index in [2.05, 4.69) is 0 Å². The summed E-state index contributed by atoms with van der Waals surface area (Å²) in [4.78, 5) is 24.7. The quantitative estimate of drug-likeness (QED) is 0.269. The number of carbonyl (C=O) groups is 2. The maximum absolute atomic E-state index is 12.6. The number of esters is 1. The van der Waals surface area contributed by atoms with Crippen molar-refractivity contribution >= 4 is 17.8 Å². The highest BCUT2D eigenvalue weighted by molar-refractivity contribution is 6.26. The van der Waals surface area contributed by atoms with Gasteiger partial charge < -0.3 is 9.47 Å². The molecule has 0 bridgehead atoms. The van der Waals surface area contributed by atoms with Crippen LogP contribution in [0.15, 0.2) is 60.2 Å². The Morgan fingerprint density at radius 2 is 1.65 bits per heavy atom. The van der Waals surface area contributed by atoms with Gasteiger partial charge in [0.15, 0.2) is 5.78 Å². The van der Waals surface area contributed by atoms with Crippen molar-refractivity contribution in [2.24, 2.45) is 0 Å². The molecule has 0 unspecified atom stereocenters. The fourth-order valence-electron chi connectivity index (χ4n) is 2.04. The molecule has 4 nitrogen and oxygen atoms in total. The first-order valence-corrected chi connectivity index (χ1v) is 7.28. The summed E-state index contributed by atoms with van der Waals surface area (Å²) in [6.45, 7) is 1.91. The fraction of sp³-hybridized carbons (Fsp3) is 0.158. The van der Waals surface area contributed by atoms with E-state index in [-0.39, 0.29) is 18.0 Å². The number of rotatable bonds is 6. The Hall–Kier alpha value is -2.88. The monoisotopic (exact) mass is 310 g/mol. The maximum atomic E-state index is 12.6. The van der Waals surface area contributed by atoms with Crippen LogP contribution in [0.4, 0.5) is 0 Å². The summed E-state index contributed by atoms with van der Waals surface area (Å²) < 4.78 is 10.1. The molecular formula is C19H18O4. The third kappa shape index (κ3) is 4.30. The van der Waals surface area contributed by atoms with Crippen LogP contribution in [0.25, 0.3) is 6.08 Å². The van der Waals surface area contributed by atoms with Crippen LogP contribution in [0.1, 0.15) is 22.8 Å². The third-order valence-corrected chi connectivity index (χ3v) is 3.20. The number of ether oxygens (including phenoxy) is 2. The van der Waals surface area contributed by atoms with Gasteiger partial charge in [-0.3, -0.25) is 4.79 Å². The number of ketones is 1. The van der Waals surface area contributed by atoms with Gasteiger partial charge in [0.05, 0.1) is 13.7 Å². The number of carbonyl (C=O) groups excluding carboxylic acids is 2. The van der Waals surface area contributed by atoms with Crippen molar-refractivity contribution in [2.75, 3.05) is 13.7 Å². The zero-order valence-corrected chi connectivity index (χ0v) is 13.1. The van der Waals surface area contributed by atoms with Crippen molar-refractivity contribution < 1.29 is 19.1 Å². The SMILES string of the molecule is CCOC(=O)/C(=C/c1ccc(OC)cc1)C(=O)c1ccccc1. The lowest BCUT2D eigenvalue weighted by Gasteiger charge is -2.07. The normalized spacial score (nSPS) is 11.0. The molecule has 0 atom stereocenters. The molecule has 0 spiro atoms. The fourth-order valence-corrected chi connectivity index (χ4v) is 2.04. The molecule has 0 heterocycles. The van der Waals surface area contributed by atoms with Crippen molar-refractivity contribution in [3.63, 3.8) is 0 Å². The van der Waals surface area contributed by atoms with Gasteiger partial charge in [0.2, 0.25) is 0 Å². The van der Waals surface area contributed by atoms with E-state index in [4.69, 9.17) is 9.47 Å². The van der Waals surface area contributed by atoms with Gasteiger partial charge in [-0.15, -0.1) is 0 Å². The summed E-state index contributed by atoms with van der Waals surface area (Å²) in [7, 11) is 1.58. The summed E-state index contributed by atoms with van der Waals surface area (Å²) in [5.74, 6) is -0.286. The van der Waals surface area contributed by atoms with Crippen LogP contribution in [0.2, 0.25) is 0 Å². The Labute approximate surface area is 135 Å². The van der Waals surface area contributed by atoms with Crippen LogP contribution in [-0.2, 0) is 9.53 Å². The first kappa shape index (κ1) is 16.5. The van der Waals surface area contributed by atoms with Crippen LogP contribution >= 0.6 is 0 Å². The highest BCUT2D eigenvalue weighted by Gasteiger charge is 2.21. The van der Waals surface area contributed by atoms with E-state index in [0.29, 0.717) is 11.3 Å². The molecule has 0 aromatic heterocycles. The molecule has 2 aromatic carbocycles. The standard InChI is InChI=1S/C19H18O4/c1-3-23-19(21)17(18(20)15-7-5-4-6-8-15)13-14-9-11-16(22-2)12-10-14/h4-13H,3H2,1-2H3/b17-13+. The van der Waals surface area contributed by atoms with E-state index < -0.39 is 5.97 Å². The minimum absolute atomic E-state index is 0.00298. The van der Waals surface area contributed by atoms with Gasteiger partial charge >= 0.3 is 5.97 Å². The van der Waals surface area contributed by atoms with E-state index in [0.717, 1.165) is 5.56 Å². The minimum Gasteiger partial charge on any atom is -0.497 e. The second-order valence-electron chi connectivity index (χ2n) is 4.75. The second-order valence-corrected chi connectivity index (χ2v) is 4.75. The minimum atomic E-state index is -0.628. The molecule has 0 aliphatic carbocycles. The number of hydrogen-bond acceptors (Lipinski definition) is 4. The lowest BCUT2D eigenvalue weighted by molar-refractivity contribution is -0.137. The molecule has 0 radical (unpaired) electrons. The van der Waals surface area contributed by atoms with E-state index >= 15 is 0 Å². The molecule has 0 saturated heterocycles. The summed E-state index contributed by atoms with van der Waals surface area (Å²) in [6, 6.07) is 15.7. The van der Waals surface area contributed by atoms with Crippen molar-refractivity contribution in [2.45, 2.75) is 6.92 Å². The number of hydrogen-bond donors (Lipinski definition) is 0. The highest BCUT2D eigenvalue weighted by Crippen LogP contribution is 2.17. The molecule has 118 valence electrons. The Morgan fingerprint density at radius 3 is 2.22 bits per heavy atom. The largest absolute Gasteiger partial charge is 0.497 e. The Balaban J connectivity index is 2.38. The molecule has 2 aromatic rings. The van der Waals surface area contributed by atoms with Crippen molar-refractivity contribution in [3.8, 4) is 5.75 Å². The van der Waals surface area contributed by atoms with Gasteiger partial charge in [-0.25, -0.2) is 4.79 Å². The topological polar surface area (TPSA) is 52.6 Å². The van der Waals surface area contributed by atoms with E-state index in [1.165, 1.54) is 6.08 Å². The van der Waals surface area contributed by atoms with Gasteiger partial charge in [0, 0.05) is 5.56 Å². The van der Waals surface area contributed by atoms with Crippen LogP contribution in [0, 0.1) is 0 Å². The molecule has 0 amide bonds. The summed E-state index contributed by atoms with van der Waals surface area (Å²) in [5, 5.41) is 0. The van der Waals surface area contributed by atoms with Crippen LogP contribution in [0.5, 0.6) is 5.75 Å². The number of methoxy groups -OCH3 is 1. The zero-order chi connectivity index (χ0) is 16.7. The van der Waals surface area contributed by atoms with Crippen LogP contribution < -0.4 is 4.74 Å². The molecular weight excluding hydrogens is 292 g/mol. The summed E-state index contributed by atoms with van der Waals surface area (Å²) in [6.07, 6.45) is 1.53. The third-order valence-electron chi connectivity index (χ3n) is 3.20. The van der Waals surface area contributed by atoms with Crippen molar-refractivity contribution in [3.05, 3.63) is 71.3 Å². The molecule has 0 saturated carbocycles. The summed E-state index contributed by atoms with van der Waals surface area (Å²) >= 11 is 0. The lowest BCUT2D eigenvalue weighted by Crippen LogP contribution is -2.16. The molecule has 2 rings (SSSR count). The van der Waals surface area contributed by atoms with Gasteiger partial charge in [-0.05, 0) is 30.7 Å². The molecule has 23 heavy (non-hydrogen) atoms. The first-order chi connectivity index (χ1) is 11.2. The highest BCUT2D eigenvalue weighted by atomic mass is 16.5. The van der Waals surface area contributed by atoms with E-state index in [1.807, 2.05) is 6.07 Å². The maximum Gasteiger partial charge on any atom is 0.342 e. The lowest BCUT2D eigenvalue weighted by atomic mass is 10.0. The van der Waals surface area contributed by atoms with Gasteiger partial charge in [-0.1, -0.05) is 42.5 Å². The predicted molar refractivity (Wildman–Crippen MR) is 88.4 cm³/mol. The molecule has 0 N–H and O–H groups in total.